The summed E-state index contributed by atoms with van der Waals surface area (Å²) in [7, 11) is 0. The van der Waals surface area contributed by atoms with Gasteiger partial charge in [-0.3, -0.25) is 0 Å². The summed E-state index contributed by atoms with van der Waals surface area (Å²) in [5.74, 6) is 1.33. The molecule has 0 amide bonds. The molecule has 2 aromatic rings. The van der Waals surface area contributed by atoms with E-state index in [4.69, 9.17) is 0 Å². The van der Waals surface area contributed by atoms with Gasteiger partial charge < -0.3 is 10.4 Å². The molecule has 0 spiro atoms. The van der Waals surface area contributed by atoms with Gasteiger partial charge in [-0.15, -0.1) is 0 Å². The van der Waals surface area contributed by atoms with Crippen LogP contribution in [0.2, 0.25) is 0 Å². The molecule has 6 heteroatoms. The smallest absolute Gasteiger partial charge is 0.254 e. The Kier molecular flexibility index (Phi) is 2.51. The average molecular weight is 221 g/mol. The van der Waals surface area contributed by atoms with E-state index < -0.39 is 5.60 Å². The van der Waals surface area contributed by atoms with Crippen LogP contribution < -0.4 is 5.32 Å². The highest BCUT2D eigenvalue weighted by Crippen LogP contribution is 2.11. The summed E-state index contributed by atoms with van der Waals surface area (Å²) < 4.78 is 1.61. The van der Waals surface area contributed by atoms with Crippen LogP contribution in [-0.4, -0.2) is 36.8 Å². The molecule has 0 bridgehead atoms. The van der Waals surface area contributed by atoms with Crippen molar-refractivity contribution < 1.29 is 5.11 Å². The zero-order valence-electron chi connectivity index (χ0n) is 9.60. The second-order valence-electron chi connectivity index (χ2n) is 4.42. The fourth-order valence-corrected chi connectivity index (χ4v) is 1.36. The quantitative estimate of drug-likeness (QED) is 0.794. The van der Waals surface area contributed by atoms with Crippen molar-refractivity contribution in [3.8, 4) is 0 Å². The Morgan fingerprint density at radius 3 is 2.94 bits per heavy atom. The molecule has 0 saturated heterocycles. The first-order valence-electron chi connectivity index (χ1n) is 5.09. The second-order valence-corrected chi connectivity index (χ2v) is 4.42. The fraction of sp³-hybridized carbons (Fsp3) is 0.500. The molecule has 6 nitrogen and oxygen atoms in total. The number of rotatable bonds is 3. The van der Waals surface area contributed by atoms with Gasteiger partial charge >= 0.3 is 0 Å². The highest BCUT2D eigenvalue weighted by Gasteiger charge is 2.13. The van der Waals surface area contributed by atoms with E-state index in [1.54, 1.807) is 18.4 Å². The SMILES string of the molecule is Cc1cc(NCC(C)(C)O)n2ncnc2n1. The van der Waals surface area contributed by atoms with Crippen molar-refractivity contribution in [2.75, 3.05) is 11.9 Å². The third kappa shape index (κ3) is 2.27. The first-order valence-corrected chi connectivity index (χ1v) is 5.09. The molecule has 2 N–H and O–H groups in total. The zero-order chi connectivity index (χ0) is 11.8. The Bertz CT molecular complexity index is 499. The van der Waals surface area contributed by atoms with Gasteiger partial charge in [0, 0.05) is 18.3 Å². The molecule has 2 rings (SSSR count). The highest BCUT2D eigenvalue weighted by atomic mass is 16.3. The van der Waals surface area contributed by atoms with Gasteiger partial charge in [0.05, 0.1) is 5.60 Å². The number of anilines is 1. The molecule has 2 heterocycles. The first kappa shape index (κ1) is 10.8. The molecule has 0 fully saturated rings. The minimum absolute atomic E-state index is 0.436. The van der Waals surface area contributed by atoms with E-state index in [1.165, 1.54) is 6.33 Å². The lowest BCUT2D eigenvalue weighted by Crippen LogP contribution is -2.30. The predicted octanol–water partition coefficient (Wildman–Crippen LogP) is 0.616. The topological polar surface area (TPSA) is 75.3 Å². The summed E-state index contributed by atoms with van der Waals surface area (Å²) in [4.78, 5) is 8.25. The second kappa shape index (κ2) is 3.71. The Hall–Kier alpha value is -1.69. The van der Waals surface area contributed by atoms with Crippen molar-refractivity contribution >= 4 is 11.6 Å². The van der Waals surface area contributed by atoms with Crippen LogP contribution in [0.25, 0.3) is 5.78 Å². The summed E-state index contributed by atoms with van der Waals surface area (Å²) in [5.41, 5.74) is 0.0862. The van der Waals surface area contributed by atoms with Crippen LogP contribution in [0.5, 0.6) is 0 Å². The molecule has 2 aromatic heterocycles. The third-order valence-electron chi connectivity index (χ3n) is 2.08. The summed E-state index contributed by atoms with van der Waals surface area (Å²) in [5, 5.41) is 16.8. The van der Waals surface area contributed by atoms with Crippen molar-refractivity contribution in [3.63, 3.8) is 0 Å². The molecule has 0 atom stereocenters. The molecular formula is C10H15N5O. The Balaban J connectivity index is 2.32. The van der Waals surface area contributed by atoms with E-state index in [0.29, 0.717) is 12.3 Å². The minimum Gasteiger partial charge on any atom is -0.389 e. The fourth-order valence-electron chi connectivity index (χ4n) is 1.36. The van der Waals surface area contributed by atoms with Crippen molar-refractivity contribution in [3.05, 3.63) is 18.1 Å². The number of nitrogens with zero attached hydrogens (tertiary/aromatic N) is 4. The number of hydrogen-bond donors (Lipinski definition) is 2. The van der Waals surface area contributed by atoms with Gasteiger partial charge in [0.2, 0.25) is 0 Å². The van der Waals surface area contributed by atoms with Crippen LogP contribution in [-0.2, 0) is 0 Å². The summed E-state index contributed by atoms with van der Waals surface area (Å²) in [6.45, 7) is 5.81. The average Bonchev–Trinajstić information content (AvgIpc) is 2.60. The first-order chi connectivity index (χ1) is 7.46. The van der Waals surface area contributed by atoms with Gasteiger partial charge in [-0.05, 0) is 20.8 Å². The minimum atomic E-state index is -0.774. The van der Waals surface area contributed by atoms with Gasteiger partial charge in [0.25, 0.3) is 5.78 Å². The van der Waals surface area contributed by atoms with Gasteiger partial charge in [-0.1, -0.05) is 0 Å². The maximum Gasteiger partial charge on any atom is 0.254 e. The van der Waals surface area contributed by atoms with E-state index in [9.17, 15) is 5.11 Å². The van der Waals surface area contributed by atoms with Gasteiger partial charge in [-0.2, -0.15) is 14.6 Å². The van der Waals surface area contributed by atoms with E-state index in [1.807, 2.05) is 13.0 Å². The molecule has 16 heavy (non-hydrogen) atoms. The number of aromatic nitrogens is 4. The molecule has 0 aromatic carbocycles. The summed E-state index contributed by atoms with van der Waals surface area (Å²) in [6, 6.07) is 1.87. The van der Waals surface area contributed by atoms with E-state index >= 15 is 0 Å². The number of aliphatic hydroxyl groups is 1. The summed E-state index contributed by atoms with van der Waals surface area (Å²) in [6.07, 6.45) is 1.46. The van der Waals surface area contributed by atoms with Crippen molar-refractivity contribution in [1.82, 2.24) is 19.6 Å². The van der Waals surface area contributed by atoms with Crippen molar-refractivity contribution in [1.29, 1.82) is 0 Å². The Labute approximate surface area is 93.3 Å². The molecule has 86 valence electrons. The zero-order valence-corrected chi connectivity index (χ0v) is 9.60. The van der Waals surface area contributed by atoms with Gasteiger partial charge in [-0.25, -0.2) is 4.98 Å². The van der Waals surface area contributed by atoms with Crippen LogP contribution in [0, 0.1) is 6.92 Å². The lowest BCUT2D eigenvalue weighted by molar-refractivity contribution is 0.0944. The molecule has 0 radical (unpaired) electrons. The van der Waals surface area contributed by atoms with Crippen LogP contribution >= 0.6 is 0 Å². The largest absolute Gasteiger partial charge is 0.389 e. The lowest BCUT2D eigenvalue weighted by Gasteiger charge is -2.18. The lowest BCUT2D eigenvalue weighted by atomic mass is 10.1. The molecule has 0 aliphatic heterocycles. The Morgan fingerprint density at radius 1 is 1.50 bits per heavy atom. The monoisotopic (exact) mass is 221 g/mol. The van der Waals surface area contributed by atoms with Crippen LogP contribution in [0.4, 0.5) is 5.82 Å². The van der Waals surface area contributed by atoms with Crippen LogP contribution in [0.3, 0.4) is 0 Å². The molecule has 0 aliphatic carbocycles. The van der Waals surface area contributed by atoms with Crippen LogP contribution in [0.1, 0.15) is 19.5 Å². The van der Waals surface area contributed by atoms with E-state index in [2.05, 4.69) is 20.4 Å². The molecular weight excluding hydrogens is 206 g/mol. The number of fused-ring (bicyclic) bond motifs is 1. The maximum absolute atomic E-state index is 9.65. The molecule has 0 saturated carbocycles. The Morgan fingerprint density at radius 2 is 2.25 bits per heavy atom. The standard InChI is InChI=1S/C10H15N5O/c1-7-4-8(11-5-10(2,3)16)15-9(14-7)12-6-13-15/h4,6,11,16H,5H2,1-3H3. The molecule has 0 aliphatic rings. The van der Waals surface area contributed by atoms with E-state index in [-0.39, 0.29) is 0 Å². The van der Waals surface area contributed by atoms with Crippen LogP contribution in [0.15, 0.2) is 12.4 Å². The highest BCUT2D eigenvalue weighted by molar-refractivity contribution is 5.44. The van der Waals surface area contributed by atoms with Gasteiger partial charge in [0.1, 0.15) is 12.1 Å². The van der Waals surface area contributed by atoms with E-state index in [0.717, 1.165) is 11.5 Å². The van der Waals surface area contributed by atoms with Gasteiger partial charge in [0.15, 0.2) is 0 Å². The summed E-state index contributed by atoms with van der Waals surface area (Å²) >= 11 is 0. The number of aryl methyl sites for hydroxylation is 1. The van der Waals surface area contributed by atoms with Crippen molar-refractivity contribution in [2.45, 2.75) is 26.4 Å². The molecule has 0 unspecified atom stereocenters. The van der Waals surface area contributed by atoms with Crippen molar-refractivity contribution in [2.24, 2.45) is 0 Å². The maximum atomic E-state index is 9.65. The normalized spacial score (nSPS) is 12.0. The number of hydrogen-bond acceptors (Lipinski definition) is 5. The number of nitrogens with one attached hydrogen (secondary N) is 1. The predicted molar refractivity (Wildman–Crippen MR) is 60.3 cm³/mol. The third-order valence-corrected chi connectivity index (χ3v) is 2.08.